The minimum atomic E-state index is -3.06. The van der Waals surface area contributed by atoms with E-state index in [0.717, 1.165) is 11.8 Å². The number of hydrogen-bond acceptors (Lipinski definition) is 6. The van der Waals surface area contributed by atoms with Gasteiger partial charge in [-0.15, -0.1) is 11.8 Å². The summed E-state index contributed by atoms with van der Waals surface area (Å²) >= 11 is 0.984. The van der Waals surface area contributed by atoms with E-state index in [1.807, 2.05) is 0 Å². The van der Waals surface area contributed by atoms with Crippen molar-refractivity contribution in [3.8, 4) is 5.75 Å². The summed E-state index contributed by atoms with van der Waals surface area (Å²) in [6.07, 6.45) is 0. The summed E-state index contributed by atoms with van der Waals surface area (Å²) in [5.41, 5.74) is 0.416. The molecule has 166 valence electrons. The molecule has 1 unspecified atom stereocenters. The van der Waals surface area contributed by atoms with Crippen molar-refractivity contribution in [2.45, 2.75) is 18.8 Å². The lowest BCUT2D eigenvalue weighted by molar-refractivity contribution is -0.146. The van der Waals surface area contributed by atoms with Crippen LogP contribution < -0.4 is 15.4 Å². The molecule has 0 saturated heterocycles. The number of hydrogen-bond donors (Lipinski definition) is 2. The minimum Gasteiger partial charge on any atom is -0.455 e. The van der Waals surface area contributed by atoms with Crippen LogP contribution in [0.3, 0.4) is 0 Å². The van der Waals surface area contributed by atoms with E-state index in [2.05, 4.69) is 15.4 Å². The summed E-state index contributed by atoms with van der Waals surface area (Å²) in [4.78, 5) is 35.8. The number of alkyl halides is 2. The lowest BCUT2D eigenvalue weighted by Crippen LogP contribution is -2.26. The third-order valence-corrected chi connectivity index (χ3v) is 4.77. The van der Waals surface area contributed by atoms with Crippen molar-refractivity contribution in [1.29, 1.82) is 0 Å². The number of rotatable bonds is 10. The van der Waals surface area contributed by atoms with Gasteiger partial charge < -0.3 is 20.1 Å². The number of nitrogens with one attached hydrogen (secondary N) is 2. The Labute approximate surface area is 180 Å². The van der Waals surface area contributed by atoms with Gasteiger partial charge in [-0.05, 0) is 43.3 Å². The first-order chi connectivity index (χ1) is 14.7. The second-order valence-electron chi connectivity index (χ2n) is 6.04. The van der Waals surface area contributed by atoms with Gasteiger partial charge in [0.05, 0.1) is 11.4 Å². The smallest absolute Gasteiger partial charge is 0.387 e. The SMILES string of the molecule is CC(SCC(=O)Nc1ccc(F)cc1)C(=O)OCC(=O)Nc1ccccc1OC(F)F. The summed E-state index contributed by atoms with van der Waals surface area (Å²) in [6, 6.07) is 10.8. The third-order valence-electron chi connectivity index (χ3n) is 3.65. The van der Waals surface area contributed by atoms with Crippen LogP contribution in [0.2, 0.25) is 0 Å². The van der Waals surface area contributed by atoms with Gasteiger partial charge in [-0.25, -0.2) is 4.39 Å². The predicted molar refractivity (Wildman–Crippen MR) is 110 cm³/mol. The zero-order chi connectivity index (χ0) is 22.8. The maximum Gasteiger partial charge on any atom is 0.387 e. The molecular formula is C20H19F3N2O5S. The molecule has 0 spiro atoms. The fourth-order valence-corrected chi connectivity index (χ4v) is 2.89. The molecule has 0 saturated carbocycles. The van der Waals surface area contributed by atoms with E-state index >= 15 is 0 Å². The van der Waals surface area contributed by atoms with Crippen molar-refractivity contribution in [1.82, 2.24) is 0 Å². The number of carbonyl (C=O) groups excluding carboxylic acids is 3. The van der Waals surface area contributed by atoms with Gasteiger partial charge >= 0.3 is 12.6 Å². The second-order valence-corrected chi connectivity index (χ2v) is 7.37. The molecule has 0 fully saturated rings. The average Bonchev–Trinajstić information content (AvgIpc) is 2.73. The molecule has 0 aliphatic carbocycles. The molecule has 2 aromatic carbocycles. The summed E-state index contributed by atoms with van der Waals surface area (Å²) in [5.74, 6) is -2.61. The topological polar surface area (TPSA) is 93.7 Å². The Bertz CT molecular complexity index is 912. The van der Waals surface area contributed by atoms with Crippen molar-refractivity contribution in [2.75, 3.05) is 23.0 Å². The highest BCUT2D eigenvalue weighted by Crippen LogP contribution is 2.25. The Morgan fingerprint density at radius 1 is 1.00 bits per heavy atom. The molecule has 0 heterocycles. The Kier molecular flexibility index (Phi) is 9.19. The number of ether oxygens (including phenoxy) is 2. The molecule has 2 amide bonds. The van der Waals surface area contributed by atoms with E-state index in [4.69, 9.17) is 4.74 Å². The number of amides is 2. The lowest BCUT2D eigenvalue weighted by atomic mass is 10.3. The number of esters is 1. The maximum absolute atomic E-state index is 12.9. The molecule has 0 aliphatic heterocycles. The number of halogens is 3. The number of anilines is 2. The van der Waals surface area contributed by atoms with Crippen LogP contribution >= 0.6 is 11.8 Å². The van der Waals surface area contributed by atoms with E-state index in [1.54, 1.807) is 0 Å². The van der Waals surface area contributed by atoms with Crippen molar-refractivity contribution < 1.29 is 37.0 Å². The molecule has 1 atom stereocenters. The number of carbonyl (C=O) groups is 3. The first-order valence-electron chi connectivity index (χ1n) is 8.92. The van der Waals surface area contributed by atoms with Crippen LogP contribution in [0.5, 0.6) is 5.75 Å². The summed E-state index contributed by atoms with van der Waals surface area (Å²) in [7, 11) is 0. The molecule has 2 aromatic rings. The molecule has 0 bridgehead atoms. The number of thioether (sulfide) groups is 1. The molecule has 2 rings (SSSR count). The van der Waals surface area contributed by atoms with Gasteiger partial charge in [0.2, 0.25) is 5.91 Å². The van der Waals surface area contributed by atoms with Crippen LogP contribution in [0.1, 0.15) is 6.92 Å². The van der Waals surface area contributed by atoms with E-state index in [9.17, 15) is 27.6 Å². The largest absolute Gasteiger partial charge is 0.455 e. The van der Waals surface area contributed by atoms with Crippen LogP contribution in [0.15, 0.2) is 48.5 Å². The fourth-order valence-electron chi connectivity index (χ4n) is 2.21. The van der Waals surface area contributed by atoms with Gasteiger partial charge in [0, 0.05) is 5.69 Å². The molecule has 0 aliphatic rings. The zero-order valence-electron chi connectivity index (χ0n) is 16.3. The monoisotopic (exact) mass is 456 g/mol. The zero-order valence-corrected chi connectivity index (χ0v) is 17.1. The molecule has 31 heavy (non-hydrogen) atoms. The van der Waals surface area contributed by atoms with Crippen LogP contribution in [0.25, 0.3) is 0 Å². The fraction of sp³-hybridized carbons (Fsp3) is 0.250. The van der Waals surface area contributed by atoms with E-state index in [1.165, 1.54) is 55.5 Å². The lowest BCUT2D eigenvalue weighted by Gasteiger charge is -2.13. The van der Waals surface area contributed by atoms with E-state index in [-0.39, 0.29) is 17.2 Å². The normalized spacial score (nSPS) is 11.5. The standard InChI is InChI=1S/C20H19F3N2O5S/c1-12(31-11-18(27)24-14-8-6-13(21)7-9-14)19(28)29-10-17(26)25-15-4-2-3-5-16(15)30-20(22)23/h2-9,12,20H,10-11H2,1H3,(H,24,27)(H,25,26). The van der Waals surface area contributed by atoms with Gasteiger partial charge in [0.25, 0.3) is 5.91 Å². The summed E-state index contributed by atoms with van der Waals surface area (Å²) in [6.45, 7) is -2.20. The van der Waals surface area contributed by atoms with Crippen LogP contribution in [0, 0.1) is 5.82 Å². The average molecular weight is 456 g/mol. The summed E-state index contributed by atoms with van der Waals surface area (Å²) in [5, 5.41) is 4.12. The van der Waals surface area contributed by atoms with Gasteiger partial charge in [-0.2, -0.15) is 8.78 Å². The molecule has 0 aromatic heterocycles. The Morgan fingerprint density at radius 2 is 1.68 bits per heavy atom. The number of para-hydroxylation sites is 2. The van der Waals surface area contributed by atoms with Crippen molar-refractivity contribution in [3.05, 3.63) is 54.3 Å². The Balaban J connectivity index is 1.74. The van der Waals surface area contributed by atoms with E-state index < -0.39 is 42.1 Å². The van der Waals surface area contributed by atoms with Gasteiger partial charge in [0.1, 0.15) is 16.8 Å². The first kappa shape index (κ1) is 24.1. The predicted octanol–water partition coefficient (Wildman–Crippen LogP) is 3.67. The van der Waals surface area contributed by atoms with Gasteiger partial charge in [-0.3, -0.25) is 14.4 Å². The molecule has 7 nitrogen and oxygen atoms in total. The molecule has 0 radical (unpaired) electrons. The van der Waals surface area contributed by atoms with Crippen LogP contribution in [0.4, 0.5) is 24.5 Å². The van der Waals surface area contributed by atoms with Crippen molar-refractivity contribution in [2.24, 2.45) is 0 Å². The van der Waals surface area contributed by atoms with Crippen LogP contribution in [-0.2, 0) is 19.1 Å². The highest BCUT2D eigenvalue weighted by Gasteiger charge is 2.19. The van der Waals surface area contributed by atoms with E-state index in [0.29, 0.717) is 5.69 Å². The number of benzene rings is 2. The Hall–Kier alpha value is -3.21. The quantitative estimate of drug-likeness (QED) is 0.530. The first-order valence-corrected chi connectivity index (χ1v) is 9.97. The minimum absolute atomic E-state index is 0.00346. The maximum atomic E-state index is 12.9. The highest BCUT2D eigenvalue weighted by atomic mass is 32.2. The molecule has 2 N–H and O–H groups in total. The molecule has 11 heteroatoms. The third kappa shape index (κ3) is 8.59. The summed E-state index contributed by atoms with van der Waals surface area (Å²) < 4.78 is 46.8. The van der Waals surface area contributed by atoms with Gasteiger partial charge in [-0.1, -0.05) is 12.1 Å². The Morgan fingerprint density at radius 3 is 2.35 bits per heavy atom. The molecular weight excluding hydrogens is 437 g/mol. The second kappa shape index (κ2) is 11.8. The van der Waals surface area contributed by atoms with Crippen molar-refractivity contribution in [3.63, 3.8) is 0 Å². The van der Waals surface area contributed by atoms with Gasteiger partial charge in [0.15, 0.2) is 6.61 Å². The van der Waals surface area contributed by atoms with Crippen LogP contribution in [-0.4, -0.2) is 42.0 Å². The highest BCUT2D eigenvalue weighted by molar-refractivity contribution is 8.01. The van der Waals surface area contributed by atoms with Crippen molar-refractivity contribution >= 4 is 40.9 Å².